The minimum atomic E-state index is -1.53. The van der Waals surface area contributed by atoms with Crippen LogP contribution in [0.1, 0.15) is 27.7 Å². The highest BCUT2D eigenvalue weighted by Gasteiger charge is 2.15. The van der Waals surface area contributed by atoms with Gasteiger partial charge in [-0.2, -0.15) is 0 Å². The predicted molar refractivity (Wildman–Crippen MR) is 67.8 cm³/mol. The summed E-state index contributed by atoms with van der Waals surface area (Å²) in [6.45, 7) is 7.63. The normalized spacial score (nSPS) is 10.8. The van der Waals surface area contributed by atoms with Crippen molar-refractivity contribution in [2.45, 2.75) is 39.9 Å². The molecule has 0 unspecified atom stereocenters. The zero-order valence-electron chi connectivity index (χ0n) is 10.7. The molecule has 4 nitrogen and oxygen atoms in total. The summed E-state index contributed by atoms with van der Waals surface area (Å²) in [6, 6.07) is 4.93. The molecule has 0 aliphatic carbocycles. The molecule has 2 N–H and O–H groups in total. The van der Waals surface area contributed by atoms with E-state index in [1.165, 1.54) is 0 Å². The number of hydrogen-bond donors (Lipinski definition) is 2. The summed E-state index contributed by atoms with van der Waals surface area (Å²) in [4.78, 5) is 0. The van der Waals surface area contributed by atoms with Crippen molar-refractivity contribution in [2.24, 2.45) is 0 Å². The van der Waals surface area contributed by atoms with Gasteiger partial charge in [-0.25, -0.2) is 0 Å². The Morgan fingerprint density at radius 1 is 0.882 bits per heavy atom. The third kappa shape index (κ3) is 4.67. The Hall–Kier alpha value is -1.20. The van der Waals surface area contributed by atoms with Gasteiger partial charge in [-0.3, -0.25) is 0 Å². The smallest absolute Gasteiger partial charge is 0.488 e. The van der Waals surface area contributed by atoms with Crippen molar-refractivity contribution in [3.8, 4) is 11.5 Å². The monoisotopic (exact) mass is 238 g/mol. The summed E-state index contributed by atoms with van der Waals surface area (Å²) in [6.07, 6.45) is 0.0426. The summed E-state index contributed by atoms with van der Waals surface area (Å²) in [7, 11) is -1.53. The van der Waals surface area contributed by atoms with Crippen molar-refractivity contribution in [3.05, 3.63) is 18.2 Å². The average Bonchev–Trinajstić information content (AvgIpc) is 2.14. The lowest BCUT2D eigenvalue weighted by atomic mass is 9.80. The molecular weight excluding hydrogens is 219 g/mol. The minimum Gasteiger partial charge on any atom is -0.491 e. The van der Waals surface area contributed by atoms with E-state index < -0.39 is 7.12 Å². The van der Waals surface area contributed by atoms with Crippen molar-refractivity contribution in [3.63, 3.8) is 0 Å². The number of ether oxygens (including phenoxy) is 2. The third-order valence-corrected chi connectivity index (χ3v) is 1.94. The lowest BCUT2D eigenvalue weighted by Crippen LogP contribution is -2.30. The fourth-order valence-electron chi connectivity index (χ4n) is 1.42. The van der Waals surface area contributed by atoms with Crippen LogP contribution in [0.4, 0.5) is 0 Å². The molecule has 0 aliphatic heterocycles. The molecule has 0 aliphatic rings. The maximum atomic E-state index is 9.19. The first-order chi connectivity index (χ1) is 7.88. The van der Waals surface area contributed by atoms with Gasteiger partial charge in [-0.05, 0) is 45.3 Å². The quantitative estimate of drug-likeness (QED) is 0.749. The molecule has 0 saturated carbocycles. The van der Waals surface area contributed by atoms with E-state index in [4.69, 9.17) is 9.47 Å². The second-order valence-corrected chi connectivity index (χ2v) is 4.44. The van der Waals surface area contributed by atoms with Crippen LogP contribution < -0.4 is 14.9 Å². The van der Waals surface area contributed by atoms with Crippen LogP contribution in [0.5, 0.6) is 11.5 Å². The fraction of sp³-hybridized carbons (Fsp3) is 0.500. The highest BCUT2D eigenvalue weighted by molar-refractivity contribution is 6.58. The van der Waals surface area contributed by atoms with Gasteiger partial charge in [0.2, 0.25) is 0 Å². The summed E-state index contributed by atoms with van der Waals surface area (Å²) in [5, 5.41) is 18.4. The van der Waals surface area contributed by atoms with Gasteiger partial charge in [0.1, 0.15) is 11.5 Å². The average molecular weight is 238 g/mol. The van der Waals surface area contributed by atoms with Crippen LogP contribution in [0, 0.1) is 0 Å². The van der Waals surface area contributed by atoms with E-state index in [9.17, 15) is 10.0 Å². The predicted octanol–water partition coefficient (Wildman–Crippen LogP) is 0.941. The van der Waals surface area contributed by atoms with Gasteiger partial charge >= 0.3 is 7.12 Å². The van der Waals surface area contributed by atoms with Crippen molar-refractivity contribution >= 4 is 12.6 Å². The van der Waals surface area contributed by atoms with Crippen molar-refractivity contribution < 1.29 is 19.5 Å². The summed E-state index contributed by atoms with van der Waals surface area (Å²) >= 11 is 0. The molecule has 1 aromatic carbocycles. The Morgan fingerprint density at radius 2 is 1.29 bits per heavy atom. The first kappa shape index (κ1) is 13.9. The number of rotatable bonds is 5. The van der Waals surface area contributed by atoms with Gasteiger partial charge in [-0.15, -0.1) is 0 Å². The maximum Gasteiger partial charge on any atom is 0.488 e. The molecule has 0 radical (unpaired) electrons. The van der Waals surface area contributed by atoms with Crippen LogP contribution in [0.2, 0.25) is 0 Å². The standard InChI is InChI=1S/C12H19BO4/c1-8(2)16-11-5-10(13(14)15)6-12(7-11)17-9(3)4/h5-9,14-15H,1-4H3. The molecule has 0 saturated heterocycles. The number of hydrogen-bond acceptors (Lipinski definition) is 4. The number of benzene rings is 1. The Morgan fingerprint density at radius 3 is 1.59 bits per heavy atom. The van der Waals surface area contributed by atoms with E-state index in [0.29, 0.717) is 17.0 Å². The zero-order chi connectivity index (χ0) is 13.0. The van der Waals surface area contributed by atoms with Gasteiger partial charge in [0.05, 0.1) is 12.2 Å². The molecule has 1 aromatic rings. The van der Waals surface area contributed by atoms with Gasteiger partial charge in [0, 0.05) is 6.07 Å². The Labute approximate surface area is 102 Å². The second kappa shape index (κ2) is 5.93. The maximum absolute atomic E-state index is 9.19. The molecule has 0 fully saturated rings. The highest BCUT2D eigenvalue weighted by atomic mass is 16.5. The van der Waals surface area contributed by atoms with Crippen molar-refractivity contribution in [1.29, 1.82) is 0 Å². The molecule has 0 aromatic heterocycles. The molecule has 0 bridgehead atoms. The van der Waals surface area contributed by atoms with Gasteiger partial charge in [0.15, 0.2) is 0 Å². The molecule has 0 spiro atoms. The van der Waals surface area contributed by atoms with Gasteiger partial charge in [-0.1, -0.05) is 0 Å². The zero-order valence-corrected chi connectivity index (χ0v) is 10.7. The third-order valence-electron chi connectivity index (χ3n) is 1.94. The second-order valence-electron chi connectivity index (χ2n) is 4.44. The molecule has 0 atom stereocenters. The van der Waals surface area contributed by atoms with Crippen molar-refractivity contribution in [2.75, 3.05) is 0 Å². The van der Waals surface area contributed by atoms with E-state index >= 15 is 0 Å². The first-order valence-electron chi connectivity index (χ1n) is 5.73. The first-order valence-corrected chi connectivity index (χ1v) is 5.73. The topological polar surface area (TPSA) is 58.9 Å². The largest absolute Gasteiger partial charge is 0.491 e. The fourth-order valence-corrected chi connectivity index (χ4v) is 1.42. The summed E-state index contributed by atoms with van der Waals surface area (Å²) in [5.74, 6) is 1.14. The minimum absolute atomic E-state index is 0.0213. The van der Waals surface area contributed by atoms with Crippen LogP contribution in [-0.4, -0.2) is 29.4 Å². The summed E-state index contributed by atoms with van der Waals surface area (Å²) in [5.41, 5.74) is 0.360. The van der Waals surface area contributed by atoms with Crippen LogP contribution in [0.3, 0.4) is 0 Å². The molecule has 0 heterocycles. The van der Waals surface area contributed by atoms with Gasteiger partial charge in [0.25, 0.3) is 0 Å². The van der Waals surface area contributed by atoms with Gasteiger partial charge < -0.3 is 19.5 Å². The van der Waals surface area contributed by atoms with E-state index in [2.05, 4.69) is 0 Å². The van der Waals surface area contributed by atoms with E-state index in [-0.39, 0.29) is 12.2 Å². The van der Waals surface area contributed by atoms with Crippen LogP contribution >= 0.6 is 0 Å². The van der Waals surface area contributed by atoms with Crippen molar-refractivity contribution in [1.82, 2.24) is 0 Å². The van der Waals surface area contributed by atoms with Crippen LogP contribution in [0.15, 0.2) is 18.2 Å². The molecule has 94 valence electrons. The molecule has 1 rings (SSSR count). The highest BCUT2D eigenvalue weighted by Crippen LogP contribution is 2.20. The molecule has 5 heteroatoms. The van der Waals surface area contributed by atoms with E-state index in [0.717, 1.165) is 0 Å². The SMILES string of the molecule is CC(C)Oc1cc(OC(C)C)cc(B(O)O)c1. The molecule has 17 heavy (non-hydrogen) atoms. The Balaban J connectivity index is 3.00. The van der Waals surface area contributed by atoms with E-state index in [1.807, 2.05) is 27.7 Å². The summed E-state index contributed by atoms with van der Waals surface area (Å²) < 4.78 is 11.1. The Bertz CT molecular complexity index is 335. The molecular formula is C12H19BO4. The molecule has 0 amide bonds. The lowest BCUT2D eigenvalue weighted by Gasteiger charge is -2.15. The Kier molecular flexibility index (Phi) is 4.84. The van der Waals surface area contributed by atoms with Crippen LogP contribution in [0.25, 0.3) is 0 Å². The van der Waals surface area contributed by atoms with Crippen LogP contribution in [-0.2, 0) is 0 Å². The van der Waals surface area contributed by atoms with E-state index in [1.54, 1.807) is 18.2 Å². The lowest BCUT2D eigenvalue weighted by molar-refractivity contribution is 0.229.